The van der Waals surface area contributed by atoms with Crippen LogP contribution in [-0.2, 0) is 12.7 Å². The standard InChI is InChI=1S/C18H22F3N5O2/c1-12(22)10-26-11-15(2-3-16(26)27)28-14-4-6-25(7-5-14)17-23-8-13(9-24-17)18(19,20)21/h2-3,8-9,11-12,14H,4-7,10,22H2,1H3/t12-/m0/s1. The predicted molar refractivity (Wildman–Crippen MR) is 97.2 cm³/mol. The molecule has 2 aromatic rings. The summed E-state index contributed by atoms with van der Waals surface area (Å²) in [5.74, 6) is 0.862. The SMILES string of the molecule is C[C@H](N)Cn1cc(OC2CCN(c3ncc(C(F)(F)F)cn3)CC2)ccc1=O. The minimum absolute atomic E-state index is 0.0630. The molecule has 0 spiro atoms. The number of halogens is 3. The molecule has 0 bridgehead atoms. The Labute approximate surface area is 160 Å². The first kappa shape index (κ1) is 20.1. The van der Waals surface area contributed by atoms with Gasteiger partial charge < -0.3 is 19.9 Å². The molecule has 1 saturated heterocycles. The monoisotopic (exact) mass is 397 g/mol. The first-order chi connectivity index (χ1) is 13.2. The maximum atomic E-state index is 12.6. The summed E-state index contributed by atoms with van der Waals surface area (Å²) in [4.78, 5) is 21.3. The van der Waals surface area contributed by atoms with Crippen molar-refractivity contribution in [3.63, 3.8) is 0 Å². The lowest BCUT2D eigenvalue weighted by Gasteiger charge is -2.32. The van der Waals surface area contributed by atoms with Crippen molar-refractivity contribution >= 4 is 5.95 Å². The second-order valence-electron chi connectivity index (χ2n) is 6.91. The molecule has 1 aliphatic rings. The van der Waals surface area contributed by atoms with Crippen molar-refractivity contribution in [3.05, 3.63) is 46.6 Å². The molecular weight excluding hydrogens is 375 g/mol. The highest BCUT2D eigenvalue weighted by molar-refractivity contribution is 5.31. The molecule has 0 saturated carbocycles. The zero-order valence-electron chi connectivity index (χ0n) is 15.4. The van der Waals surface area contributed by atoms with Gasteiger partial charge in [-0.25, -0.2) is 9.97 Å². The number of ether oxygens (including phenoxy) is 1. The minimum atomic E-state index is -4.45. The van der Waals surface area contributed by atoms with Gasteiger partial charge in [0.2, 0.25) is 5.95 Å². The maximum absolute atomic E-state index is 12.6. The largest absolute Gasteiger partial charge is 0.489 e. The van der Waals surface area contributed by atoms with Crippen molar-refractivity contribution < 1.29 is 17.9 Å². The number of hydrogen-bond donors (Lipinski definition) is 1. The van der Waals surface area contributed by atoms with Crippen LogP contribution in [0.5, 0.6) is 5.75 Å². The molecule has 0 aromatic carbocycles. The topological polar surface area (TPSA) is 86.3 Å². The number of anilines is 1. The third-order valence-electron chi connectivity index (χ3n) is 4.43. The van der Waals surface area contributed by atoms with Crippen molar-refractivity contribution in [2.45, 2.75) is 44.6 Å². The van der Waals surface area contributed by atoms with Crippen molar-refractivity contribution in [2.75, 3.05) is 18.0 Å². The van der Waals surface area contributed by atoms with Crippen molar-refractivity contribution in [1.82, 2.24) is 14.5 Å². The molecular formula is C18H22F3N5O2. The Bertz CT molecular complexity index is 844. The number of piperidine rings is 1. The number of aromatic nitrogens is 3. The number of nitrogens with two attached hydrogens (primary N) is 1. The van der Waals surface area contributed by atoms with E-state index in [1.807, 2.05) is 11.8 Å². The van der Waals surface area contributed by atoms with Gasteiger partial charge in [0.25, 0.3) is 5.56 Å². The molecule has 7 nitrogen and oxygen atoms in total. The van der Waals surface area contributed by atoms with E-state index < -0.39 is 11.7 Å². The zero-order chi connectivity index (χ0) is 20.3. The average molecular weight is 397 g/mol. The quantitative estimate of drug-likeness (QED) is 0.831. The van der Waals surface area contributed by atoms with Crippen molar-refractivity contribution in [3.8, 4) is 5.75 Å². The van der Waals surface area contributed by atoms with E-state index in [2.05, 4.69) is 9.97 Å². The number of rotatable bonds is 5. The van der Waals surface area contributed by atoms with E-state index in [0.717, 1.165) is 12.4 Å². The Hall–Kier alpha value is -2.62. The van der Waals surface area contributed by atoms with Crippen LogP contribution in [0.15, 0.2) is 35.5 Å². The normalized spacial score (nSPS) is 16.8. The second-order valence-corrected chi connectivity index (χ2v) is 6.91. The Morgan fingerprint density at radius 2 is 1.89 bits per heavy atom. The Kier molecular flexibility index (Phi) is 5.87. The third-order valence-corrected chi connectivity index (χ3v) is 4.43. The molecule has 3 rings (SSSR count). The predicted octanol–water partition coefficient (Wildman–Crippen LogP) is 2.05. The van der Waals surface area contributed by atoms with Gasteiger partial charge in [0, 0.05) is 63.2 Å². The smallest absolute Gasteiger partial charge is 0.419 e. The summed E-state index contributed by atoms with van der Waals surface area (Å²) in [5, 5.41) is 0. The molecule has 0 unspecified atom stereocenters. The van der Waals surface area contributed by atoms with Crippen molar-refractivity contribution in [2.24, 2.45) is 5.73 Å². The van der Waals surface area contributed by atoms with Crippen LogP contribution in [0.1, 0.15) is 25.3 Å². The molecule has 3 heterocycles. The zero-order valence-corrected chi connectivity index (χ0v) is 15.4. The minimum Gasteiger partial charge on any atom is -0.489 e. The molecule has 2 N–H and O–H groups in total. The van der Waals surface area contributed by atoms with Gasteiger partial charge in [-0.05, 0) is 13.0 Å². The van der Waals surface area contributed by atoms with Gasteiger partial charge in [0.1, 0.15) is 11.9 Å². The average Bonchev–Trinajstić information content (AvgIpc) is 2.64. The van der Waals surface area contributed by atoms with Crippen LogP contribution in [0.3, 0.4) is 0 Å². The molecule has 0 radical (unpaired) electrons. The van der Waals surface area contributed by atoms with E-state index in [-0.39, 0.29) is 23.7 Å². The van der Waals surface area contributed by atoms with Crippen LogP contribution in [0.4, 0.5) is 19.1 Å². The highest BCUT2D eigenvalue weighted by Crippen LogP contribution is 2.29. The lowest BCUT2D eigenvalue weighted by atomic mass is 10.1. The molecule has 0 amide bonds. The van der Waals surface area contributed by atoms with E-state index >= 15 is 0 Å². The summed E-state index contributed by atoms with van der Waals surface area (Å²) in [5.41, 5.74) is 4.75. The summed E-state index contributed by atoms with van der Waals surface area (Å²) in [6, 6.07) is 2.92. The number of nitrogens with zero attached hydrogens (tertiary/aromatic N) is 4. The first-order valence-corrected chi connectivity index (χ1v) is 8.99. The summed E-state index contributed by atoms with van der Waals surface area (Å²) in [6.07, 6.45) is 0.0634. The van der Waals surface area contributed by atoms with Crippen molar-refractivity contribution in [1.29, 1.82) is 0 Å². The Balaban J connectivity index is 1.58. The van der Waals surface area contributed by atoms with Crippen LogP contribution in [0, 0.1) is 0 Å². The van der Waals surface area contributed by atoms with Gasteiger partial charge >= 0.3 is 6.18 Å². The van der Waals surface area contributed by atoms with E-state index in [1.54, 1.807) is 12.3 Å². The highest BCUT2D eigenvalue weighted by atomic mass is 19.4. The number of pyridine rings is 1. The molecule has 0 aliphatic carbocycles. The summed E-state index contributed by atoms with van der Waals surface area (Å²) >= 11 is 0. The van der Waals surface area contributed by atoms with Crippen LogP contribution in [-0.4, -0.2) is 39.8 Å². The van der Waals surface area contributed by atoms with Gasteiger partial charge in [0.05, 0.1) is 5.56 Å². The number of hydrogen-bond acceptors (Lipinski definition) is 6. The highest BCUT2D eigenvalue weighted by Gasteiger charge is 2.32. The molecule has 1 fully saturated rings. The molecule has 152 valence electrons. The molecule has 10 heteroatoms. The van der Waals surface area contributed by atoms with Crippen LogP contribution in [0.25, 0.3) is 0 Å². The summed E-state index contributed by atoms with van der Waals surface area (Å²) in [7, 11) is 0. The second kappa shape index (κ2) is 8.17. The van der Waals surface area contributed by atoms with Gasteiger partial charge in [-0.15, -0.1) is 0 Å². The summed E-state index contributed by atoms with van der Waals surface area (Å²) in [6.45, 7) is 3.35. The van der Waals surface area contributed by atoms with E-state index in [1.165, 1.54) is 10.6 Å². The lowest BCUT2D eigenvalue weighted by molar-refractivity contribution is -0.138. The van der Waals surface area contributed by atoms with Crippen LogP contribution in [0.2, 0.25) is 0 Å². The third kappa shape index (κ3) is 5.00. The van der Waals surface area contributed by atoms with Gasteiger partial charge in [-0.3, -0.25) is 4.79 Å². The lowest BCUT2D eigenvalue weighted by Crippen LogP contribution is -2.39. The van der Waals surface area contributed by atoms with Gasteiger partial charge in [-0.2, -0.15) is 13.2 Å². The van der Waals surface area contributed by atoms with E-state index in [4.69, 9.17) is 10.5 Å². The van der Waals surface area contributed by atoms with Gasteiger partial charge in [-0.1, -0.05) is 0 Å². The molecule has 1 atom stereocenters. The fraction of sp³-hybridized carbons (Fsp3) is 0.500. The molecule has 28 heavy (non-hydrogen) atoms. The maximum Gasteiger partial charge on any atom is 0.419 e. The molecule has 1 aliphatic heterocycles. The molecule has 2 aromatic heterocycles. The van der Waals surface area contributed by atoms with E-state index in [0.29, 0.717) is 38.2 Å². The van der Waals surface area contributed by atoms with E-state index in [9.17, 15) is 18.0 Å². The fourth-order valence-electron chi connectivity index (χ4n) is 3.03. The summed E-state index contributed by atoms with van der Waals surface area (Å²) < 4.78 is 45.3. The van der Waals surface area contributed by atoms with Gasteiger partial charge in [0.15, 0.2) is 0 Å². The number of alkyl halides is 3. The Morgan fingerprint density at radius 1 is 1.25 bits per heavy atom. The Morgan fingerprint density at radius 3 is 2.46 bits per heavy atom. The first-order valence-electron chi connectivity index (χ1n) is 8.99. The van der Waals surface area contributed by atoms with Crippen LogP contribution < -0.4 is 20.9 Å². The van der Waals surface area contributed by atoms with Crippen LogP contribution >= 0.6 is 0 Å². The fourth-order valence-corrected chi connectivity index (χ4v) is 3.03.